The molecule has 0 aliphatic heterocycles. The maximum Gasteiger partial charge on any atom is 0.162 e. The zero-order valence-electron chi connectivity index (χ0n) is 6.92. The van der Waals surface area contributed by atoms with Crippen LogP contribution in [-0.4, -0.2) is 10.9 Å². The molecule has 0 saturated carbocycles. The molecule has 0 radical (unpaired) electrons. The number of aliphatic hydroxyl groups excluding tert-OH is 1. The zero-order valence-corrected chi connectivity index (χ0v) is 8.43. The van der Waals surface area contributed by atoms with Crippen LogP contribution in [0.25, 0.3) is 0 Å². The summed E-state index contributed by atoms with van der Waals surface area (Å²) in [5, 5.41) is 10.0. The number of carbonyl (C=O) groups is 1. The molecule has 0 aliphatic rings. The minimum atomic E-state index is -1.24. The molecule has 13 heavy (non-hydrogen) atoms. The highest BCUT2D eigenvalue weighted by molar-refractivity contribution is 6.36. The van der Waals surface area contributed by atoms with Crippen LogP contribution in [0.1, 0.15) is 18.6 Å². The van der Waals surface area contributed by atoms with Gasteiger partial charge in [0.1, 0.15) is 6.10 Å². The number of Topliss-reactive ketones (excluding diaryl/α,β-unsaturated/α-hetero) is 1. The van der Waals surface area contributed by atoms with Crippen LogP contribution < -0.4 is 0 Å². The molecule has 0 saturated heterocycles. The first-order valence-corrected chi connectivity index (χ1v) is 4.42. The summed E-state index contributed by atoms with van der Waals surface area (Å²) in [5.74, 6) is -0.380. The third kappa shape index (κ3) is 2.21. The van der Waals surface area contributed by atoms with E-state index in [9.17, 15) is 9.90 Å². The van der Waals surface area contributed by atoms with Gasteiger partial charge in [-0.05, 0) is 19.1 Å². The van der Waals surface area contributed by atoms with Gasteiger partial charge in [0.05, 0.1) is 0 Å². The number of benzene rings is 1. The molecule has 4 heteroatoms. The summed E-state index contributed by atoms with van der Waals surface area (Å²) >= 11 is 11.5. The summed E-state index contributed by atoms with van der Waals surface area (Å²) in [6.07, 6.45) is -1.24. The van der Waals surface area contributed by atoms with Gasteiger partial charge in [0, 0.05) is 15.6 Å². The molecule has 1 aromatic rings. The summed E-state index contributed by atoms with van der Waals surface area (Å²) in [7, 11) is 0. The van der Waals surface area contributed by atoms with Crippen LogP contribution in [0.2, 0.25) is 10.0 Å². The Hall–Kier alpha value is -0.570. The fourth-order valence-corrected chi connectivity index (χ4v) is 1.58. The topological polar surface area (TPSA) is 37.3 Å². The maximum absolute atomic E-state index is 10.9. The normalized spacial score (nSPS) is 12.6. The van der Waals surface area contributed by atoms with E-state index in [1.807, 2.05) is 0 Å². The lowest BCUT2D eigenvalue weighted by Gasteiger charge is -2.10. The smallest absolute Gasteiger partial charge is 0.162 e. The molecule has 0 spiro atoms. The van der Waals surface area contributed by atoms with Gasteiger partial charge in [0.2, 0.25) is 0 Å². The lowest BCUT2D eigenvalue weighted by atomic mass is 10.1. The van der Waals surface area contributed by atoms with Crippen molar-refractivity contribution < 1.29 is 9.90 Å². The second kappa shape index (κ2) is 4.09. The molecule has 70 valence electrons. The number of rotatable bonds is 2. The minimum absolute atomic E-state index is 0.276. The van der Waals surface area contributed by atoms with Crippen molar-refractivity contribution in [2.75, 3.05) is 0 Å². The lowest BCUT2D eigenvalue weighted by molar-refractivity contribution is -0.125. The molecule has 0 fully saturated rings. The van der Waals surface area contributed by atoms with Crippen LogP contribution in [0.15, 0.2) is 18.2 Å². The van der Waals surface area contributed by atoms with E-state index in [0.29, 0.717) is 10.0 Å². The Morgan fingerprint density at radius 2 is 1.85 bits per heavy atom. The van der Waals surface area contributed by atoms with Gasteiger partial charge in [0.15, 0.2) is 5.78 Å². The number of halogens is 2. The molecule has 1 rings (SSSR count). The van der Waals surface area contributed by atoms with E-state index in [0.717, 1.165) is 0 Å². The van der Waals surface area contributed by atoms with Gasteiger partial charge in [-0.15, -0.1) is 0 Å². The molecular weight excluding hydrogens is 211 g/mol. The van der Waals surface area contributed by atoms with Crippen LogP contribution in [0.3, 0.4) is 0 Å². The SMILES string of the molecule is CC(=O)[C@H](O)c1c(Cl)cccc1Cl. The van der Waals surface area contributed by atoms with Gasteiger partial charge in [-0.3, -0.25) is 4.79 Å². The van der Waals surface area contributed by atoms with Crippen molar-refractivity contribution in [1.82, 2.24) is 0 Å². The largest absolute Gasteiger partial charge is 0.380 e. The molecule has 0 amide bonds. The minimum Gasteiger partial charge on any atom is -0.380 e. The molecular formula is C9H8Cl2O2. The Bertz CT molecular complexity index is 316. The summed E-state index contributed by atoms with van der Waals surface area (Å²) in [6, 6.07) is 4.81. The van der Waals surface area contributed by atoms with Gasteiger partial charge in [0.25, 0.3) is 0 Å². The average Bonchev–Trinajstić information content (AvgIpc) is 2.03. The first-order chi connectivity index (χ1) is 6.04. The summed E-state index contributed by atoms with van der Waals surface area (Å²) in [5.41, 5.74) is 0.276. The van der Waals surface area contributed by atoms with Crippen LogP contribution in [-0.2, 0) is 4.79 Å². The monoisotopic (exact) mass is 218 g/mol. The second-order valence-corrected chi connectivity index (χ2v) is 3.46. The van der Waals surface area contributed by atoms with Crippen molar-refractivity contribution in [3.05, 3.63) is 33.8 Å². The van der Waals surface area contributed by atoms with E-state index in [2.05, 4.69) is 0 Å². The number of hydrogen-bond acceptors (Lipinski definition) is 2. The van der Waals surface area contributed by atoms with E-state index in [1.54, 1.807) is 18.2 Å². The van der Waals surface area contributed by atoms with Crippen molar-refractivity contribution >= 4 is 29.0 Å². The molecule has 0 heterocycles. The van der Waals surface area contributed by atoms with Crippen molar-refractivity contribution in [2.45, 2.75) is 13.0 Å². The Labute approximate surface area is 86.1 Å². The quantitative estimate of drug-likeness (QED) is 0.829. The van der Waals surface area contributed by atoms with Gasteiger partial charge in [-0.25, -0.2) is 0 Å². The molecule has 0 unspecified atom stereocenters. The number of ketones is 1. The molecule has 0 aromatic heterocycles. The Balaban J connectivity index is 3.20. The van der Waals surface area contributed by atoms with Gasteiger partial charge < -0.3 is 5.11 Å². The Morgan fingerprint density at radius 1 is 1.38 bits per heavy atom. The van der Waals surface area contributed by atoms with Gasteiger partial charge >= 0.3 is 0 Å². The van der Waals surface area contributed by atoms with Crippen LogP contribution >= 0.6 is 23.2 Å². The highest BCUT2D eigenvalue weighted by Crippen LogP contribution is 2.30. The predicted octanol–water partition coefficient (Wildman–Crippen LogP) is 2.62. The predicted molar refractivity (Wildman–Crippen MR) is 52.1 cm³/mol. The fourth-order valence-electron chi connectivity index (χ4n) is 0.975. The van der Waals surface area contributed by atoms with E-state index in [4.69, 9.17) is 23.2 Å². The van der Waals surface area contributed by atoms with E-state index in [-0.39, 0.29) is 11.3 Å². The van der Waals surface area contributed by atoms with Crippen LogP contribution in [0, 0.1) is 0 Å². The molecule has 1 atom stereocenters. The van der Waals surface area contributed by atoms with Gasteiger partial charge in [-0.2, -0.15) is 0 Å². The summed E-state index contributed by atoms with van der Waals surface area (Å²) in [4.78, 5) is 10.9. The van der Waals surface area contributed by atoms with E-state index < -0.39 is 6.10 Å². The van der Waals surface area contributed by atoms with Crippen molar-refractivity contribution in [3.63, 3.8) is 0 Å². The molecule has 2 nitrogen and oxygen atoms in total. The van der Waals surface area contributed by atoms with E-state index in [1.165, 1.54) is 6.92 Å². The standard InChI is InChI=1S/C9H8Cl2O2/c1-5(12)9(13)8-6(10)3-2-4-7(8)11/h2-4,9,13H,1H3/t9-/m0/s1. The lowest BCUT2D eigenvalue weighted by Crippen LogP contribution is -2.08. The van der Waals surface area contributed by atoms with E-state index >= 15 is 0 Å². The first kappa shape index (κ1) is 10.5. The van der Waals surface area contributed by atoms with Crippen molar-refractivity contribution in [3.8, 4) is 0 Å². The van der Waals surface area contributed by atoms with Crippen LogP contribution in [0.4, 0.5) is 0 Å². The molecule has 1 N–H and O–H groups in total. The number of carbonyl (C=O) groups excluding carboxylic acids is 1. The summed E-state index contributed by atoms with van der Waals surface area (Å²) in [6.45, 7) is 1.28. The first-order valence-electron chi connectivity index (χ1n) is 3.66. The molecule has 0 aliphatic carbocycles. The molecule has 1 aromatic carbocycles. The fraction of sp³-hybridized carbons (Fsp3) is 0.222. The zero-order chi connectivity index (χ0) is 10.0. The van der Waals surface area contributed by atoms with Crippen molar-refractivity contribution in [2.24, 2.45) is 0 Å². The Kier molecular flexibility index (Phi) is 3.31. The Morgan fingerprint density at radius 3 is 2.23 bits per heavy atom. The molecule has 0 bridgehead atoms. The maximum atomic E-state index is 10.9. The third-order valence-electron chi connectivity index (χ3n) is 1.66. The van der Waals surface area contributed by atoms with Crippen LogP contribution in [0.5, 0.6) is 0 Å². The number of aliphatic hydroxyl groups is 1. The summed E-state index contributed by atoms with van der Waals surface area (Å²) < 4.78 is 0. The third-order valence-corrected chi connectivity index (χ3v) is 2.32. The highest BCUT2D eigenvalue weighted by Gasteiger charge is 2.18. The average molecular weight is 219 g/mol. The second-order valence-electron chi connectivity index (χ2n) is 2.65. The number of hydrogen-bond donors (Lipinski definition) is 1. The van der Waals surface area contributed by atoms with Crippen molar-refractivity contribution in [1.29, 1.82) is 0 Å². The highest BCUT2D eigenvalue weighted by atomic mass is 35.5. The van der Waals surface area contributed by atoms with Gasteiger partial charge in [-0.1, -0.05) is 29.3 Å².